The number of carboxylic acids is 1. The van der Waals surface area contributed by atoms with Gasteiger partial charge in [0.15, 0.2) is 0 Å². The van der Waals surface area contributed by atoms with Gasteiger partial charge in [-0.1, -0.05) is 15.9 Å². The molecule has 1 aromatic carbocycles. The first kappa shape index (κ1) is 9.27. The lowest BCUT2D eigenvalue weighted by Crippen LogP contribution is -1.94. The highest BCUT2D eigenvalue weighted by molar-refractivity contribution is 9.10. The number of rotatable bonds is 1. The Kier molecular flexibility index (Phi) is 2.07. The number of fused-ring (bicyclic) bond motifs is 1. The quantitative estimate of drug-likeness (QED) is 0.821. The van der Waals surface area contributed by atoms with Gasteiger partial charge in [-0.05, 0) is 30.7 Å². The summed E-state index contributed by atoms with van der Waals surface area (Å²) in [7, 11) is 0. The molecule has 0 radical (unpaired) electrons. The van der Waals surface area contributed by atoms with Crippen molar-refractivity contribution in [2.75, 3.05) is 0 Å². The molecule has 4 heteroatoms. The molecule has 2 rings (SSSR count). The van der Waals surface area contributed by atoms with E-state index in [0.717, 1.165) is 20.9 Å². The second-order valence-corrected chi connectivity index (χ2v) is 4.03. The number of aromatic nitrogens is 1. The molecule has 0 aliphatic heterocycles. The van der Waals surface area contributed by atoms with E-state index in [0.29, 0.717) is 0 Å². The van der Waals surface area contributed by atoms with Gasteiger partial charge in [0.25, 0.3) is 0 Å². The Bertz CT molecular complexity index is 477. The molecule has 0 aliphatic carbocycles. The highest BCUT2D eigenvalue weighted by Crippen LogP contribution is 2.24. The molecule has 0 saturated heterocycles. The van der Waals surface area contributed by atoms with Crippen molar-refractivity contribution in [2.45, 2.75) is 6.92 Å². The molecule has 14 heavy (non-hydrogen) atoms. The van der Waals surface area contributed by atoms with Crippen LogP contribution in [0.5, 0.6) is 0 Å². The summed E-state index contributed by atoms with van der Waals surface area (Å²) >= 11 is 3.40. The van der Waals surface area contributed by atoms with Crippen LogP contribution in [0.3, 0.4) is 0 Å². The van der Waals surface area contributed by atoms with Gasteiger partial charge < -0.3 is 10.1 Å². The molecule has 0 unspecified atom stereocenters. The molecule has 1 heterocycles. The second kappa shape index (κ2) is 3.13. The number of benzene rings is 1. The van der Waals surface area contributed by atoms with Gasteiger partial charge >= 0.3 is 5.97 Å². The fourth-order valence-corrected chi connectivity index (χ4v) is 1.74. The first-order chi connectivity index (χ1) is 6.58. The van der Waals surface area contributed by atoms with Crippen LogP contribution in [0.4, 0.5) is 0 Å². The third-order valence-electron chi connectivity index (χ3n) is 2.13. The number of nitrogens with one attached hydrogen (secondary N) is 1. The van der Waals surface area contributed by atoms with Crippen LogP contribution in [0.15, 0.2) is 22.7 Å². The first-order valence-electron chi connectivity index (χ1n) is 4.10. The molecule has 0 saturated carbocycles. The number of carbonyl (C=O) groups is 1. The Morgan fingerprint density at radius 1 is 1.43 bits per heavy atom. The smallest absolute Gasteiger partial charge is 0.352 e. The van der Waals surface area contributed by atoms with Crippen LogP contribution >= 0.6 is 15.9 Å². The van der Waals surface area contributed by atoms with E-state index in [9.17, 15) is 4.79 Å². The third-order valence-corrected chi connectivity index (χ3v) is 2.98. The van der Waals surface area contributed by atoms with Gasteiger partial charge in [-0.2, -0.15) is 0 Å². The molecule has 3 nitrogen and oxygen atoms in total. The molecular weight excluding hydrogens is 246 g/mol. The summed E-state index contributed by atoms with van der Waals surface area (Å²) in [4.78, 5) is 13.5. The largest absolute Gasteiger partial charge is 0.477 e. The molecule has 0 aliphatic rings. The van der Waals surface area contributed by atoms with E-state index >= 15 is 0 Å². The van der Waals surface area contributed by atoms with Crippen LogP contribution in [0, 0.1) is 6.92 Å². The molecule has 0 atom stereocenters. The minimum absolute atomic E-state index is 0.220. The number of aromatic amines is 1. The van der Waals surface area contributed by atoms with Crippen molar-refractivity contribution in [3.05, 3.63) is 33.9 Å². The summed E-state index contributed by atoms with van der Waals surface area (Å²) in [6.45, 7) is 1.96. The molecule has 0 fully saturated rings. The summed E-state index contributed by atoms with van der Waals surface area (Å²) < 4.78 is 0.987. The minimum Gasteiger partial charge on any atom is -0.477 e. The van der Waals surface area contributed by atoms with Crippen LogP contribution in [-0.4, -0.2) is 16.1 Å². The average molecular weight is 254 g/mol. The van der Waals surface area contributed by atoms with Crippen LogP contribution < -0.4 is 0 Å². The van der Waals surface area contributed by atoms with Crippen molar-refractivity contribution in [1.29, 1.82) is 0 Å². The number of hydrogen-bond donors (Lipinski definition) is 2. The monoisotopic (exact) mass is 253 g/mol. The number of hydrogen-bond acceptors (Lipinski definition) is 1. The molecule has 2 N–H and O–H groups in total. The number of aryl methyl sites for hydroxylation is 1. The Hall–Kier alpha value is -1.29. The van der Waals surface area contributed by atoms with E-state index in [-0.39, 0.29) is 5.69 Å². The van der Waals surface area contributed by atoms with Crippen LogP contribution in [0.2, 0.25) is 0 Å². The maximum atomic E-state index is 10.7. The topological polar surface area (TPSA) is 53.1 Å². The number of carboxylic acid groups (broad SMARTS) is 1. The van der Waals surface area contributed by atoms with Gasteiger partial charge in [-0.15, -0.1) is 0 Å². The zero-order valence-corrected chi connectivity index (χ0v) is 9.05. The van der Waals surface area contributed by atoms with E-state index in [1.165, 1.54) is 0 Å². The maximum Gasteiger partial charge on any atom is 0.352 e. The standard InChI is InChI=1S/C10H8BrNO2/c1-5-2-8-6(3-7(5)11)4-9(12-8)10(13)14/h2-4,12H,1H3,(H,13,14). The summed E-state index contributed by atoms with van der Waals surface area (Å²) in [5, 5.41) is 9.68. The Labute approximate surface area is 88.9 Å². The second-order valence-electron chi connectivity index (χ2n) is 3.18. The van der Waals surface area contributed by atoms with E-state index < -0.39 is 5.97 Å². The van der Waals surface area contributed by atoms with Crippen molar-refractivity contribution in [3.63, 3.8) is 0 Å². The van der Waals surface area contributed by atoms with Crippen molar-refractivity contribution in [2.24, 2.45) is 0 Å². The number of aromatic carboxylic acids is 1. The predicted molar refractivity (Wildman–Crippen MR) is 57.7 cm³/mol. The molecule has 0 amide bonds. The van der Waals surface area contributed by atoms with Gasteiger partial charge in [0.1, 0.15) is 5.69 Å². The van der Waals surface area contributed by atoms with E-state index in [1.54, 1.807) is 6.07 Å². The zero-order chi connectivity index (χ0) is 10.3. The van der Waals surface area contributed by atoms with Gasteiger partial charge in [-0.3, -0.25) is 0 Å². The van der Waals surface area contributed by atoms with Crippen molar-refractivity contribution >= 4 is 32.8 Å². The van der Waals surface area contributed by atoms with Gasteiger partial charge in [0, 0.05) is 15.4 Å². The maximum absolute atomic E-state index is 10.7. The van der Waals surface area contributed by atoms with Crippen LogP contribution in [-0.2, 0) is 0 Å². The molecule has 0 bridgehead atoms. The van der Waals surface area contributed by atoms with Crippen LogP contribution in [0.25, 0.3) is 10.9 Å². The van der Waals surface area contributed by atoms with E-state index in [2.05, 4.69) is 20.9 Å². The Morgan fingerprint density at radius 2 is 2.14 bits per heavy atom. The van der Waals surface area contributed by atoms with Gasteiger partial charge in [0.2, 0.25) is 0 Å². The molecule has 2 aromatic rings. The number of H-pyrrole nitrogens is 1. The first-order valence-corrected chi connectivity index (χ1v) is 4.89. The lowest BCUT2D eigenvalue weighted by molar-refractivity contribution is 0.0691. The highest BCUT2D eigenvalue weighted by Gasteiger charge is 2.08. The lowest BCUT2D eigenvalue weighted by Gasteiger charge is -1.96. The van der Waals surface area contributed by atoms with Crippen molar-refractivity contribution in [1.82, 2.24) is 4.98 Å². The lowest BCUT2D eigenvalue weighted by atomic mass is 10.2. The van der Waals surface area contributed by atoms with E-state index in [1.807, 2.05) is 19.1 Å². The Balaban J connectivity index is 2.72. The molecular formula is C10H8BrNO2. The van der Waals surface area contributed by atoms with Crippen molar-refractivity contribution < 1.29 is 9.90 Å². The predicted octanol–water partition coefficient (Wildman–Crippen LogP) is 2.94. The van der Waals surface area contributed by atoms with E-state index in [4.69, 9.17) is 5.11 Å². The zero-order valence-electron chi connectivity index (χ0n) is 7.47. The molecule has 0 spiro atoms. The minimum atomic E-state index is -0.935. The summed E-state index contributed by atoms with van der Waals surface area (Å²) in [5.74, 6) is -0.935. The van der Waals surface area contributed by atoms with Gasteiger partial charge in [-0.25, -0.2) is 4.79 Å². The summed E-state index contributed by atoms with van der Waals surface area (Å²) in [6.07, 6.45) is 0. The Morgan fingerprint density at radius 3 is 2.79 bits per heavy atom. The normalized spacial score (nSPS) is 10.7. The molecule has 72 valence electrons. The third kappa shape index (κ3) is 1.42. The fraction of sp³-hybridized carbons (Fsp3) is 0.100. The number of halogens is 1. The summed E-state index contributed by atoms with van der Waals surface area (Å²) in [5.41, 5.74) is 2.15. The highest BCUT2D eigenvalue weighted by atomic mass is 79.9. The molecule has 1 aromatic heterocycles. The van der Waals surface area contributed by atoms with Gasteiger partial charge in [0.05, 0.1) is 0 Å². The van der Waals surface area contributed by atoms with Crippen LogP contribution in [0.1, 0.15) is 16.1 Å². The fourth-order valence-electron chi connectivity index (χ4n) is 1.38. The SMILES string of the molecule is Cc1cc2[nH]c(C(=O)O)cc2cc1Br. The van der Waals surface area contributed by atoms with Crippen molar-refractivity contribution in [3.8, 4) is 0 Å². The summed E-state index contributed by atoms with van der Waals surface area (Å²) in [6, 6.07) is 5.46. The average Bonchev–Trinajstić information content (AvgIpc) is 2.48.